The fourth-order valence-corrected chi connectivity index (χ4v) is 3.12. The molecule has 0 N–H and O–H groups in total. The molecule has 1 aromatic rings. The molecule has 8 heteroatoms. The van der Waals surface area contributed by atoms with Crippen LogP contribution in [-0.4, -0.2) is 52.0 Å². The predicted molar refractivity (Wildman–Crippen MR) is 93.6 cm³/mol. The molecule has 0 saturated carbocycles. The van der Waals surface area contributed by atoms with Crippen LogP contribution in [0.1, 0.15) is 60.7 Å². The van der Waals surface area contributed by atoms with Crippen LogP contribution >= 0.6 is 0 Å². The fraction of sp³-hybridized carbons (Fsp3) is 0.474. The van der Waals surface area contributed by atoms with Crippen molar-refractivity contribution in [2.75, 3.05) is 6.54 Å². The van der Waals surface area contributed by atoms with Crippen molar-refractivity contribution < 1.29 is 28.8 Å². The van der Waals surface area contributed by atoms with Gasteiger partial charge in [0.1, 0.15) is 11.6 Å². The summed E-state index contributed by atoms with van der Waals surface area (Å²) in [6, 6.07) is 5.34. The monoisotopic (exact) mass is 374 g/mol. The number of hydrogen-bond acceptors (Lipinski definition) is 6. The molecular formula is C19H22N2O6. The molecule has 1 aromatic carbocycles. The molecule has 2 aliphatic rings. The summed E-state index contributed by atoms with van der Waals surface area (Å²) in [5.41, 5.74) is -0.336. The summed E-state index contributed by atoms with van der Waals surface area (Å²) in [6.07, 6.45) is 1.21. The van der Waals surface area contributed by atoms with Crippen LogP contribution in [0.4, 0.5) is 4.79 Å². The van der Waals surface area contributed by atoms with E-state index in [4.69, 9.17) is 9.57 Å². The first-order chi connectivity index (χ1) is 12.7. The summed E-state index contributed by atoms with van der Waals surface area (Å²) in [4.78, 5) is 56.2. The lowest BCUT2D eigenvalue weighted by Crippen LogP contribution is -2.51. The van der Waals surface area contributed by atoms with Gasteiger partial charge >= 0.3 is 12.1 Å². The molecule has 0 aliphatic carbocycles. The maximum Gasteiger partial charge on any atom is 0.411 e. The van der Waals surface area contributed by atoms with Gasteiger partial charge in [-0.15, -0.1) is 0 Å². The minimum atomic E-state index is -0.905. The van der Waals surface area contributed by atoms with Crippen molar-refractivity contribution in [2.45, 2.75) is 51.7 Å². The van der Waals surface area contributed by atoms with Crippen molar-refractivity contribution >= 4 is 23.9 Å². The van der Waals surface area contributed by atoms with Crippen LogP contribution in [0.15, 0.2) is 24.3 Å². The normalized spacial score (nSPS) is 19.7. The number of amides is 3. The zero-order valence-electron chi connectivity index (χ0n) is 15.6. The first kappa shape index (κ1) is 18.9. The Morgan fingerprint density at radius 2 is 1.63 bits per heavy atom. The summed E-state index contributed by atoms with van der Waals surface area (Å²) in [5, 5.41) is 0.467. The molecular weight excluding hydrogens is 352 g/mol. The Morgan fingerprint density at radius 1 is 1.04 bits per heavy atom. The smallest absolute Gasteiger partial charge is 0.411 e. The standard InChI is InChI=1S/C19H22N2O6/c1-19(2,3)26-18(25)20-11-7-6-10-14(20)17(24)27-21-15(22)12-8-4-5-9-13(12)16(21)23/h4-5,8-9,14H,6-7,10-11H2,1-3H3/t14-/m0/s1. The van der Waals surface area contributed by atoms with Crippen molar-refractivity contribution in [1.29, 1.82) is 0 Å². The number of piperidine rings is 1. The molecule has 2 aliphatic heterocycles. The predicted octanol–water partition coefficient (Wildman–Crippen LogP) is 2.53. The van der Waals surface area contributed by atoms with Gasteiger partial charge < -0.3 is 9.57 Å². The third-order valence-corrected chi connectivity index (χ3v) is 4.34. The summed E-state index contributed by atoms with van der Waals surface area (Å²) in [6.45, 7) is 5.56. The molecule has 0 unspecified atom stereocenters. The topological polar surface area (TPSA) is 93.2 Å². The first-order valence-corrected chi connectivity index (χ1v) is 8.88. The Kier molecular flexibility index (Phi) is 4.91. The average Bonchev–Trinajstić information content (AvgIpc) is 2.85. The number of hydroxylamine groups is 2. The molecule has 3 rings (SSSR count). The van der Waals surface area contributed by atoms with E-state index in [0.717, 1.165) is 12.8 Å². The van der Waals surface area contributed by atoms with Crippen molar-refractivity contribution in [3.8, 4) is 0 Å². The van der Waals surface area contributed by atoms with Gasteiger partial charge in [-0.05, 0) is 52.2 Å². The second kappa shape index (κ2) is 7.02. The molecule has 2 heterocycles. The highest BCUT2D eigenvalue weighted by Gasteiger charge is 2.42. The van der Waals surface area contributed by atoms with Gasteiger partial charge in [0.15, 0.2) is 0 Å². The second-order valence-corrected chi connectivity index (χ2v) is 7.55. The van der Waals surface area contributed by atoms with Gasteiger partial charge in [-0.25, -0.2) is 9.59 Å². The molecule has 1 saturated heterocycles. The van der Waals surface area contributed by atoms with Crippen LogP contribution in [0.3, 0.4) is 0 Å². The number of carbonyl (C=O) groups is 4. The average molecular weight is 374 g/mol. The van der Waals surface area contributed by atoms with Gasteiger partial charge in [-0.1, -0.05) is 17.2 Å². The summed E-state index contributed by atoms with van der Waals surface area (Å²) in [7, 11) is 0. The number of benzene rings is 1. The number of fused-ring (bicyclic) bond motifs is 1. The van der Waals surface area contributed by atoms with E-state index in [1.54, 1.807) is 32.9 Å². The molecule has 0 aromatic heterocycles. The van der Waals surface area contributed by atoms with E-state index >= 15 is 0 Å². The minimum Gasteiger partial charge on any atom is -0.444 e. The Balaban J connectivity index is 1.74. The highest BCUT2D eigenvalue weighted by Crippen LogP contribution is 2.25. The maximum atomic E-state index is 12.7. The molecule has 3 amide bonds. The van der Waals surface area contributed by atoms with Crippen LogP contribution in [0, 0.1) is 0 Å². The van der Waals surface area contributed by atoms with Gasteiger partial charge in [-0.2, -0.15) is 0 Å². The maximum absolute atomic E-state index is 12.7. The van der Waals surface area contributed by atoms with Gasteiger partial charge in [0.2, 0.25) is 0 Å². The molecule has 8 nitrogen and oxygen atoms in total. The van der Waals surface area contributed by atoms with E-state index in [9.17, 15) is 19.2 Å². The van der Waals surface area contributed by atoms with E-state index in [1.165, 1.54) is 17.0 Å². The molecule has 144 valence electrons. The highest BCUT2D eigenvalue weighted by atomic mass is 16.7. The number of rotatable bonds is 2. The number of imide groups is 1. The van der Waals surface area contributed by atoms with E-state index < -0.39 is 35.5 Å². The van der Waals surface area contributed by atoms with Crippen LogP contribution in [0.5, 0.6) is 0 Å². The molecule has 1 fully saturated rings. The minimum absolute atomic E-state index is 0.183. The van der Waals surface area contributed by atoms with Crippen LogP contribution in [0.25, 0.3) is 0 Å². The second-order valence-electron chi connectivity index (χ2n) is 7.55. The van der Waals surface area contributed by atoms with Gasteiger partial charge in [-0.3, -0.25) is 14.5 Å². The Labute approximate surface area is 157 Å². The van der Waals surface area contributed by atoms with Crippen molar-refractivity contribution in [1.82, 2.24) is 9.96 Å². The lowest BCUT2D eigenvalue weighted by molar-refractivity contribution is -0.175. The lowest BCUT2D eigenvalue weighted by Gasteiger charge is -2.35. The fourth-order valence-electron chi connectivity index (χ4n) is 3.12. The number of nitrogens with zero attached hydrogens (tertiary/aromatic N) is 2. The van der Waals surface area contributed by atoms with E-state index in [1.807, 2.05) is 0 Å². The zero-order chi connectivity index (χ0) is 19.8. The van der Waals surface area contributed by atoms with Crippen LogP contribution in [0.2, 0.25) is 0 Å². The van der Waals surface area contributed by atoms with Gasteiger partial charge in [0.05, 0.1) is 11.1 Å². The molecule has 0 radical (unpaired) electrons. The largest absolute Gasteiger partial charge is 0.444 e. The van der Waals surface area contributed by atoms with Crippen molar-refractivity contribution in [3.05, 3.63) is 35.4 Å². The van der Waals surface area contributed by atoms with Crippen molar-refractivity contribution in [3.63, 3.8) is 0 Å². The molecule has 0 bridgehead atoms. The quantitative estimate of drug-likeness (QED) is 0.739. The highest BCUT2D eigenvalue weighted by molar-refractivity contribution is 6.20. The Hall–Kier alpha value is -2.90. The van der Waals surface area contributed by atoms with E-state index in [2.05, 4.69) is 0 Å². The van der Waals surface area contributed by atoms with Gasteiger partial charge in [0.25, 0.3) is 11.8 Å². The van der Waals surface area contributed by atoms with Crippen molar-refractivity contribution in [2.24, 2.45) is 0 Å². The lowest BCUT2D eigenvalue weighted by atomic mass is 10.0. The summed E-state index contributed by atoms with van der Waals surface area (Å²) >= 11 is 0. The van der Waals surface area contributed by atoms with Crippen LogP contribution < -0.4 is 0 Å². The van der Waals surface area contributed by atoms with Crippen LogP contribution in [-0.2, 0) is 14.4 Å². The zero-order valence-corrected chi connectivity index (χ0v) is 15.6. The summed E-state index contributed by atoms with van der Waals surface area (Å²) < 4.78 is 5.35. The van der Waals surface area contributed by atoms with Gasteiger partial charge in [0, 0.05) is 6.54 Å². The van der Waals surface area contributed by atoms with E-state index in [0.29, 0.717) is 18.0 Å². The Morgan fingerprint density at radius 3 is 2.19 bits per heavy atom. The van der Waals surface area contributed by atoms with E-state index in [-0.39, 0.29) is 11.1 Å². The number of hydrogen-bond donors (Lipinski definition) is 0. The molecule has 0 spiro atoms. The first-order valence-electron chi connectivity index (χ1n) is 8.88. The third kappa shape index (κ3) is 3.79. The number of ether oxygens (including phenoxy) is 1. The summed E-state index contributed by atoms with van der Waals surface area (Å²) in [5.74, 6) is -2.21. The molecule has 27 heavy (non-hydrogen) atoms. The Bertz CT molecular complexity index is 763. The SMILES string of the molecule is CC(C)(C)OC(=O)N1CCCC[C@H]1C(=O)ON1C(=O)c2ccccc2C1=O. The number of carbonyl (C=O) groups excluding carboxylic acids is 4. The third-order valence-electron chi connectivity index (χ3n) is 4.34. The molecule has 1 atom stereocenters. The number of likely N-dealkylation sites (tertiary alicyclic amines) is 1.